The van der Waals surface area contributed by atoms with Crippen LogP contribution in [0.2, 0.25) is 0 Å². The summed E-state index contributed by atoms with van der Waals surface area (Å²) in [7, 11) is 0. The van der Waals surface area contributed by atoms with E-state index in [4.69, 9.17) is 5.11 Å². The molecule has 0 saturated heterocycles. The average molecular weight is 288 g/mol. The molecule has 1 saturated carbocycles. The molecule has 2 N–H and O–H groups in total. The van der Waals surface area contributed by atoms with Gasteiger partial charge >= 0.3 is 5.97 Å². The van der Waals surface area contributed by atoms with Gasteiger partial charge in [0.25, 0.3) is 0 Å². The largest absolute Gasteiger partial charge is 0.481 e. The highest BCUT2D eigenvalue weighted by Gasteiger charge is 2.34. The summed E-state index contributed by atoms with van der Waals surface area (Å²) in [5.41, 5.74) is 0.959. The highest BCUT2D eigenvalue weighted by Crippen LogP contribution is 2.35. The van der Waals surface area contributed by atoms with Crippen molar-refractivity contribution in [3.63, 3.8) is 0 Å². The predicted octanol–water partition coefficient (Wildman–Crippen LogP) is 2.22. The number of benzene rings is 1. The van der Waals surface area contributed by atoms with Gasteiger partial charge in [-0.1, -0.05) is 36.4 Å². The molecule has 0 unspecified atom stereocenters. The van der Waals surface area contributed by atoms with Crippen LogP contribution in [0.1, 0.15) is 24.8 Å². The third-order valence-electron chi connectivity index (χ3n) is 4.00. The quantitative estimate of drug-likeness (QED) is 0.787. The zero-order chi connectivity index (χ0) is 15.2. The van der Waals surface area contributed by atoms with Crippen LogP contribution in [0.3, 0.4) is 0 Å². The summed E-state index contributed by atoms with van der Waals surface area (Å²) < 4.78 is 0. The summed E-state index contributed by atoms with van der Waals surface area (Å²) >= 11 is 0. The molecule has 1 fully saturated rings. The fourth-order valence-corrected chi connectivity index (χ4v) is 2.89. The second kappa shape index (κ2) is 7.18. The lowest BCUT2D eigenvalue weighted by molar-refractivity contribution is -0.139. The van der Waals surface area contributed by atoms with Crippen molar-refractivity contribution >= 4 is 11.8 Å². The zero-order valence-electron chi connectivity index (χ0n) is 11.8. The van der Waals surface area contributed by atoms with Crippen molar-refractivity contribution in [2.45, 2.75) is 31.8 Å². The second-order valence-electron chi connectivity index (χ2n) is 5.56. The molecule has 4 nitrogen and oxygen atoms in total. The first-order chi connectivity index (χ1) is 10.1. The minimum absolute atomic E-state index is 0.00309. The molecule has 0 spiro atoms. The third kappa shape index (κ3) is 4.53. The number of carbonyl (C=O) groups excluding carboxylic acids is 1. The number of aliphatic hydroxyl groups excluding tert-OH is 1. The van der Waals surface area contributed by atoms with Gasteiger partial charge in [-0.2, -0.15) is 0 Å². The van der Waals surface area contributed by atoms with Gasteiger partial charge < -0.3 is 10.2 Å². The van der Waals surface area contributed by atoms with Crippen molar-refractivity contribution in [1.29, 1.82) is 0 Å². The van der Waals surface area contributed by atoms with Gasteiger partial charge in [0.15, 0.2) is 5.78 Å². The zero-order valence-corrected chi connectivity index (χ0v) is 11.8. The summed E-state index contributed by atoms with van der Waals surface area (Å²) in [5.74, 6) is -1.23. The van der Waals surface area contributed by atoms with Crippen LogP contribution in [-0.4, -0.2) is 28.1 Å². The molecule has 0 aliphatic heterocycles. The molecule has 1 aromatic carbocycles. The first-order valence-corrected chi connectivity index (χ1v) is 7.21. The Balaban J connectivity index is 1.93. The van der Waals surface area contributed by atoms with Gasteiger partial charge in [-0.05, 0) is 30.4 Å². The second-order valence-corrected chi connectivity index (χ2v) is 5.56. The van der Waals surface area contributed by atoms with Gasteiger partial charge in [0.05, 0.1) is 12.5 Å². The Bertz CT molecular complexity index is 521. The third-order valence-corrected chi connectivity index (χ3v) is 4.00. The number of hydrogen-bond acceptors (Lipinski definition) is 3. The van der Waals surface area contributed by atoms with Gasteiger partial charge in [-0.3, -0.25) is 9.59 Å². The summed E-state index contributed by atoms with van der Waals surface area (Å²) in [6.45, 7) is 0. The fraction of sp³-hybridized carbons (Fsp3) is 0.412. The molecule has 112 valence electrons. The summed E-state index contributed by atoms with van der Waals surface area (Å²) in [5, 5.41) is 18.7. The van der Waals surface area contributed by atoms with Crippen LogP contribution >= 0.6 is 0 Å². The van der Waals surface area contributed by atoms with E-state index < -0.39 is 12.1 Å². The number of carbonyl (C=O) groups is 2. The van der Waals surface area contributed by atoms with Crippen molar-refractivity contribution in [3.8, 4) is 0 Å². The Morgan fingerprint density at radius 3 is 2.57 bits per heavy atom. The van der Waals surface area contributed by atoms with Gasteiger partial charge in [-0.15, -0.1) is 0 Å². The molecule has 21 heavy (non-hydrogen) atoms. The Morgan fingerprint density at radius 2 is 1.90 bits per heavy atom. The number of rotatable bonds is 6. The number of aliphatic hydroxyl groups is 1. The molecule has 4 heteroatoms. The van der Waals surface area contributed by atoms with E-state index in [-0.39, 0.29) is 24.0 Å². The van der Waals surface area contributed by atoms with E-state index in [1.165, 1.54) is 6.08 Å². The maximum absolute atomic E-state index is 11.9. The minimum atomic E-state index is -0.907. The van der Waals surface area contributed by atoms with Crippen molar-refractivity contribution < 1.29 is 19.8 Å². The van der Waals surface area contributed by atoms with Crippen molar-refractivity contribution in [2.75, 3.05) is 0 Å². The Labute approximate surface area is 124 Å². The fourth-order valence-electron chi connectivity index (χ4n) is 2.89. The van der Waals surface area contributed by atoms with Gasteiger partial charge in [0.1, 0.15) is 0 Å². The summed E-state index contributed by atoms with van der Waals surface area (Å²) in [4.78, 5) is 22.7. The first kappa shape index (κ1) is 15.4. The minimum Gasteiger partial charge on any atom is -0.481 e. The Morgan fingerprint density at radius 1 is 1.19 bits per heavy atom. The van der Waals surface area contributed by atoms with E-state index in [9.17, 15) is 14.7 Å². The maximum atomic E-state index is 11.9. The molecule has 0 heterocycles. The number of ketones is 1. The van der Waals surface area contributed by atoms with Crippen LogP contribution in [0.15, 0.2) is 42.5 Å². The standard InChI is InChI=1S/C17H20O4/c18-14(10-12-4-2-1-3-5-12)8-6-13-7-9-16(19)15(13)11-17(20)21/h1-6,8,13,15-16,19H,7,9-11H2,(H,20,21)/t13-,15+,16-/m1/s1. The van der Waals surface area contributed by atoms with Crippen LogP contribution in [0, 0.1) is 11.8 Å². The lowest BCUT2D eigenvalue weighted by Crippen LogP contribution is -2.21. The Hall–Kier alpha value is -1.94. The summed E-state index contributed by atoms with van der Waals surface area (Å²) in [6, 6.07) is 9.49. The number of carboxylic acid groups (broad SMARTS) is 1. The van der Waals surface area contributed by atoms with Crippen LogP contribution < -0.4 is 0 Å². The molecule has 1 aliphatic carbocycles. The number of carboxylic acids is 1. The predicted molar refractivity (Wildman–Crippen MR) is 78.8 cm³/mol. The van der Waals surface area contributed by atoms with Crippen LogP contribution in [0.4, 0.5) is 0 Å². The smallest absolute Gasteiger partial charge is 0.303 e. The topological polar surface area (TPSA) is 74.6 Å². The summed E-state index contributed by atoms with van der Waals surface area (Å²) in [6.07, 6.45) is 4.34. The highest BCUT2D eigenvalue weighted by atomic mass is 16.4. The highest BCUT2D eigenvalue weighted by molar-refractivity contribution is 5.91. The van der Waals surface area contributed by atoms with Gasteiger partial charge in [0, 0.05) is 12.3 Å². The van der Waals surface area contributed by atoms with E-state index >= 15 is 0 Å². The van der Waals surface area contributed by atoms with E-state index in [1.807, 2.05) is 30.3 Å². The lowest BCUT2D eigenvalue weighted by Gasteiger charge is -2.17. The number of aliphatic carboxylic acids is 1. The lowest BCUT2D eigenvalue weighted by atomic mass is 9.91. The molecule has 0 amide bonds. The number of hydrogen-bond donors (Lipinski definition) is 2. The monoisotopic (exact) mass is 288 g/mol. The average Bonchev–Trinajstić information content (AvgIpc) is 2.78. The maximum Gasteiger partial charge on any atom is 0.303 e. The normalized spacial score (nSPS) is 25.3. The number of allylic oxidation sites excluding steroid dienone is 2. The van der Waals surface area contributed by atoms with Crippen molar-refractivity contribution in [3.05, 3.63) is 48.0 Å². The molecular formula is C17H20O4. The van der Waals surface area contributed by atoms with E-state index in [0.717, 1.165) is 12.0 Å². The molecule has 3 atom stereocenters. The van der Waals surface area contributed by atoms with Gasteiger partial charge in [0.2, 0.25) is 0 Å². The van der Waals surface area contributed by atoms with Crippen LogP contribution in [0.25, 0.3) is 0 Å². The first-order valence-electron chi connectivity index (χ1n) is 7.21. The molecule has 2 rings (SSSR count). The molecule has 1 aliphatic rings. The molecular weight excluding hydrogens is 268 g/mol. The molecule has 0 aromatic heterocycles. The van der Waals surface area contributed by atoms with Crippen molar-refractivity contribution in [2.24, 2.45) is 11.8 Å². The Kier molecular flexibility index (Phi) is 5.28. The van der Waals surface area contributed by atoms with Crippen molar-refractivity contribution in [1.82, 2.24) is 0 Å². The molecule has 0 bridgehead atoms. The molecule has 1 aromatic rings. The molecule has 0 radical (unpaired) electrons. The van der Waals surface area contributed by atoms with E-state index in [2.05, 4.69) is 0 Å². The SMILES string of the molecule is O=C(O)C[C@@H]1[C@H](O)CC[C@H]1C=CC(=O)Cc1ccccc1. The van der Waals surface area contributed by atoms with E-state index in [1.54, 1.807) is 6.08 Å². The van der Waals surface area contributed by atoms with Crippen LogP contribution in [-0.2, 0) is 16.0 Å². The van der Waals surface area contributed by atoms with Crippen LogP contribution in [0.5, 0.6) is 0 Å². The van der Waals surface area contributed by atoms with Gasteiger partial charge in [-0.25, -0.2) is 0 Å². The van der Waals surface area contributed by atoms with E-state index in [0.29, 0.717) is 12.8 Å².